The van der Waals surface area contributed by atoms with Crippen LogP contribution in [0.3, 0.4) is 0 Å². The molecule has 0 aromatic heterocycles. The molecule has 0 heterocycles. The summed E-state index contributed by atoms with van der Waals surface area (Å²) in [5, 5.41) is 12.8. The van der Waals surface area contributed by atoms with Gasteiger partial charge in [-0.05, 0) is 30.9 Å². The molecule has 2 unspecified atom stereocenters. The van der Waals surface area contributed by atoms with Gasteiger partial charge in [0.2, 0.25) is 0 Å². The molecular weight excluding hydrogens is 198 g/mol. The highest BCUT2D eigenvalue weighted by Gasteiger charge is 2.17. The van der Waals surface area contributed by atoms with Gasteiger partial charge >= 0.3 is 0 Å². The number of aryl methyl sites for hydroxylation is 1. The summed E-state index contributed by atoms with van der Waals surface area (Å²) in [4.78, 5) is 0. The van der Waals surface area contributed by atoms with Gasteiger partial charge in [-0.1, -0.05) is 38.1 Å². The third kappa shape index (κ3) is 3.62. The second kappa shape index (κ2) is 6.02. The van der Waals surface area contributed by atoms with Crippen LogP contribution in [0.5, 0.6) is 0 Å². The SMILES string of the molecule is Cc1ccccc1C(NCC(C)O)C(C)C. The van der Waals surface area contributed by atoms with Gasteiger partial charge < -0.3 is 10.4 Å². The van der Waals surface area contributed by atoms with E-state index >= 15 is 0 Å². The van der Waals surface area contributed by atoms with Crippen LogP contribution >= 0.6 is 0 Å². The van der Waals surface area contributed by atoms with E-state index in [1.54, 1.807) is 0 Å². The molecule has 2 atom stereocenters. The molecule has 0 bridgehead atoms. The first-order valence-corrected chi connectivity index (χ1v) is 5.99. The quantitative estimate of drug-likeness (QED) is 0.801. The first-order chi connectivity index (χ1) is 7.52. The highest BCUT2D eigenvalue weighted by Crippen LogP contribution is 2.24. The van der Waals surface area contributed by atoms with Crippen LogP contribution < -0.4 is 5.32 Å². The van der Waals surface area contributed by atoms with Crippen LogP contribution in [-0.4, -0.2) is 17.8 Å². The molecule has 0 aliphatic heterocycles. The minimum atomic E-state index is -0.301. The summed E-state index contributed by atoms with van der Waals surface area (Å²) in [6, 6.07) is 8.74. The predicted octanol–water partition coefficient (Wildman–Crippen LogP) is 2.66. The third-order valence-corrected chi connectivity index (χ3v) is 2.82. The van der Waals surface area contributed by atoms with Gasteiger partial charge in [-0.15, -0.1) is 0 Å². The molecule has 0 aliphatic rings. The standard InChI is InChI=1S/C14H23NO/c1-10(2)14(15-9-12(4)16)13-8-6-5-7-11(13)3/h5-8,10,12,14-16H,9H2,1-4H3. The van der Waals surface area contributed by atoms with Crippen molar-refractivity contribution in [2.75, 3.05) is 6.54 Å². The van der Waals surface area contributed by atoms with Gasteiger partial charge in [0.15, 0.2) is 0 Å². The van der Waals surface area contributed by atoms with Crippen molar-refractivity contribution in [1.29, 1.82) is 0 Å². The number of benzene rings is 1. The number of hydrogen-bond acceptors (Lipinski definition) is 2. The summed E-state index contributed by atoms with van der Waals surface area (Å²) in [5.41, 5.74) is 2.64. The number of hydrogen-bond donors (Lipinski definition) is 2. The molecule has 0 amide bonds. The van der Waals surface area contributed by atoms with Crippen molar-refractivity contribution < 1.29 is 5.11 Å². The van der Waals surface area contributed by atoms with E-state index in [0.717, 1.165) is 0 Å². The molecule has 0 radical (unpaired) electrons. The zero-order valence-corrected chi connectivity index (χ0v) is 10.7. The van der Waals surface area contributed by atoms with Crippen LogP contribution in [-0.2, 0) is 0 Å². The molecule has 1 aromatic rings. The van der Waals surface area contributed by atoms with Crippen LogP contribution in [0.2, 0.25) is 0 Å². The van der Waals surface area contributed by atoms with E-state index in [2.05, 4.69) is 50.4 Å². The van der Waals surface area contributed by atoms with Gasteiger partial charge in [0.25, 0.3) is 0 Å². The monoisotopic (exact) mass is 221 g/mol. The van der Waals surface area contributed by atoms with E-state index < -0.39 is 0 Å². The summed E-state index contributed by atoms with van der Waals surface area (Å²) in [6.45, 7) is 8.98. The second-order valence-electron chi connectivity index (χ2n) is 4.84. The van der Waals surface area contributed by atoms with Crippen molar-refractivity contribution in [3.63, 3.8) is 0 Å². The van der Waals surface area contributed by atoms with Gasteiger partial charge in [0.05, 0.1) is 6.10 Å². The maximum absolute atomic E-state index is 9.34. The Morgan fingerprint density at radius 2 is 1.81 bits per heavy atom. The minimum Gasteiger partial charge on any atom is -0.392 e. The Hall–Kier alpha value is -0.860. The molecule has 2 N–H and O–H groups in total. The maximum atomic E-state index is 9.34. The van der Waals surface area contributed by atoms with Crippen molar-refractivity contribution in [2.45, 2.75) is 39.8 Å². The van der Waals surface area contributed by atoms with Gasteiger partial charge in [-0.25, -0.2) is 0 Å². The summed E-state index contributed by atoms with van der Waals surface area (Å²) < 4.78 is 0. The van der Waals surface area contributed by atoms with Crippen molar-refractivity contribution in [3.8, 4) is 0 Å². The molecule has 16 heavy (non-hydrogen) atoms. The van der Waals surface area contributed by atoms with Gasteiger partial charge in [-0.2, -0.15) is 0 Å². The van der Waals surface area contributed by atoms with Crippen LogP contribution in [0.25, 0.3) is 0 Å². The number of rotatable bonds is 5. The highest BCUT2D eigenvalue weighted by molar-refractivity contribution is 5.29. The molecule has 0 saturated heterocycles. The number of aliphatic hydroxyl groups is 1. The van der Waals surface area contributed by atoms with Crippen LogP contribution in [0, 0.1) is 12.8 Å². The Kier molecular flexibility index (Phi) is 4.97. The largest absolute Gasteiger partial charge is 0.392 e. The van der Waals surface area contributed by atoms with Gasteiger partial charge in [0, 0.05) is 12.6 Å². The van der Waals surface area contributed by atoms with E-state index in [1.165, 1.54) is 11.1 Å². The summed E-state index contributed by atoms with van der Waals surface area (Å²) in [7, 11) is 0. The topological polar surface area (TPSA) is 32.3 Å². The van der Waals surface area contributed by atoms with E-state index in [4.69, 9.17) is 0 Å². The predicted molar refractivity (Wildman–Crippen MR) is 68.4 cm³/mol. The van der Waals surface area contributed by atoms with Crippen LogP contribution in [0.4, 0.5) is 0 Å². The van der Waals surface area contributed by atoms with Gasteiger partial charge in [-0.3, -0.25) is 0 Å². The van der Waals surface area contributed by atoms with Crippen LogP contribution in [0.15, 0.2) is 24.3 Å². The lowest BCUT2D eigenvalue weighted by molar-refractivity contribution is 0.181. The van der Waals surface area contributed by atoms with E-state index in [-0.39, 0.29) is 6.10 Å². The normalized spacial score (nSPS) is 15.1. The molecular formula is C14H23NO. The van der Waals surface area contributed by atoms with Crippen molar-refractivity contribution in [1.82, 2.24) is 5.32 Å². The Morgan fingerprint density at radius 3 is 2.31 bits per heavy atom. The highest BCUT2D eigenvalue weighted by atomic mass is 16.3. The Bertz CT molecular complexity index is 320. The molecule has 0 spiro atoms. The number of aliphatic hydroxyl groups excluding tert-OH is 1. The molecule has 2 heteroatoms. The lowest BCUT2D eigenvalue weighted by Crippen LogP contribution is -2.32. The van der Waals surface area contributed by atoms with Crippen LogP contribution in [0.1, 0.15) is 37.9 Å². The third-order valence-electron chi connectivity index (χ3n) is 2.82. The fourth-order valence-electron chi connectivity index (χ4n) is 1.94. The molecule has 90 valence electrons. The van der Waals surface area contributed by atoms with Gasteiger partial charge in [0.1, 0.15) is 0 Å². The zero-order valence-electron chi connectivity index (χ0n) is 10.7. The average Bonchev–Trinajstić information content (AvgIpc) is 2.20. The van der Waals surface area contributed by atoms with Crippen molar-refractivity contribution in [3.05, 3.63) is 35.4 Å². The van der Waals surface area contributed by atoms with E-state index in [0.29, 0.717) is 18.5 Å². The summed E-state index contributed by atoms with van der Waals surface area (Å²) in [6.07, 6.45) is -0.301. The first kappa shape index (κ1) is 13.2. The molecule has 0 saturated carbocycles. The molecule has 0 aliphatic carbocycles. The fourth-order valence-corrected chi connectivity index (χ4v) is 1.94. The molecule has 1 aromatic carbocycles. The smallest absolute Gasteiger partial charge is 0.0636 e. The minimum absolute atomic E-state index is 0.301. The Morgan fingerprint density at radius 1 is 1.19 bits per heavy atom. The van der Waals surface area contributed by atoms with E-state index in [1.807, 2.05) is 6.92 Å². The zero-order chi connectivity index (χ0) is 12.1. The van der Waals surface area contributed by atoms with Crippen molar-refractivity contribution >= 4 is 0 Å². The average molecular weight is 221 g/mol. The lowest BCUT2D eigenvalue weighted by atomic mass is 9.92. The summed E-state index contributed by atoms with van der Waals surface area (Å²) >= 11 is 0. The van der Waals surface area contributed by atoms with E-state index in [9.17, 15) is 5.11 Å². The van der Waals surface area contributed by atoms with Crippen molar-refractivity contribution in [2.24, 2.45) is 5.92 Å². The number of nitrogens with one attached hydrogen (secondary N) is 1. The Balaban J connectivity index is 2.82. The summed E-state index contributed by atoms with van der Waals surface area (Å²) in [5.74, 6) is 0.514. The molecule has 1 rings (SSSR count). The lowest BCUT2D eigenvalue weighted by Gasteiger charge is -2.25. The molecule has 2 nitrogen and oxygen atoms in total. The molecule has 0 fully saturated rings. The maximum Gasteiger partial charge on any atom is 0.0636 e. The Labute approximate surface area is 98.7 Å². The fraction of sp³-hybridized carbons (Fsp3) is 0.571. The first-order valence-electron chi connectivity index (χ1n) is 5.99. The second-order valence-corrected chi connectivity index (χ2v) is 4.84.